The zero-order chi connectivity index (χ0) is 60.8. The second-order valence-electron chi connectivity index (χ2n) is 26.8. The van der Waals surface area contributed by atoms with Gasteiger partial charge >= 0.3 is 0 Å². The molecule has 0 radical (unpaired) electrons. The molecule has 26 heteroatoms. The standard InChI is InChI=1S/C58H96O26/c1-22(21-74-51-43(68)41(66)38(63)33(19-59)79-51)11-16-58(73-8)23(2)35-32(84-58)18-31-29-10-9-27-17-28(12-14-56(27,6)30(29)13-15-57(31,35)7)78-55-50(83-53-45(70)40(65)37(62)25(4)76-53)47(72)49(34(20-60)80-55)82-54-46(71)42(67)48(26(5)77-54)81-52-44(69)39(64)36(61)24(3)75-52/h9,22-26,28-55,59-72H,10-21H2,1-8H3/t22-,23+,24+,25+,26+,28+,29+,30+,31-,32+,33-,34-,35+,36+,37+,38-,39-,40-,41+,42+,43-,44-,45-,46-,47+,48+,49-,50-,51-,52+,53+,54+,55-,56+,57+,58+/m1/s1. The fourth-order valence-corrected chi connectivity index (χ4v) is 16.7. The number of rotatable bonds is 17. The van der Waals surface area contributed by atoms with Gasteiger partial charge in [-0.25, -0.2) is 0 Å². The number of aliphatic hydroxyl groups excluding tert-OH is 14. The van der Waals surface area contributed by atoms with Crippen LogP contribution in [0.25, 0.3) is 0 Å². The second kappa shape index (κ2) is 25.8. The van der Waals surface area contributed by atoms with Crippen LogP contribution in [0, 0.1) is 46.3 Å². The Balaban J connectivity index is 0.792. The summed E-state index contributed by atoms with van der Waals surface area (Å²) >= 11 is 0. The molecule has 0 spiro atoms. The molecule has 0 aromatic heterocycles. The fourth-order valence-electron chi connectivity index (χ4n) is 16.7. The molecule has 0 unspecified atom stereocenters. The topological polar surface area (TPSA) is 394 Å². The van der Waals surface area contributed by atoms with Crippen LogP contribution in [-0.4, -0.2) is 270 Å². The van der Waals surface area contributed by atoms with Crippen molar-refractivity contribution in [2.75, 3.05) is 26.9 Å². The molecule has 6 aliphatic heterocycles. The number of hydrogen-bond donors (Lipinski definition) is 14. The van der Waals surface area contributed by atoms with Crippen LogP contribution >= 0.6 is 0 Å². The summed E-state index contributed by atoms with van der Waals surface area (Å²) in [6, 6.07) is 0. The van der Waals surface area contributed by atoms with Gasteiger partial charge in [0.2, 0.25) is 0 Å². The Morgan fingerprint density at radius 2 is 1.13 bits per heavy atom. The number of fused-ring (bicyclic) bond motifs is 7. The molecule has 0 bridgehead atoms. The predicted octanol–water partition coefficient (Wildman–Crippen LogP) is -2.47. The van der Waals surface area contributed by atoms with Gasteiger partial charge in [-0.15, -0.1) is 0 Å². The highest BCUT2D eigenvalue weighted by Crippen LogP contribution is 2.70. The Hall–Kier alpha value is -1.30. The number of hydrogen-bond acceptors (Lipinski definition) is 26. The van der Waals surface area contributed by atoms with Gasteiger partial charge in [-0.2, -0.15) is 0 Å². The molecule has 10 aliphatic rings. The molecule has 9 fully saturated rings. The van der Waals surface area contributed by atoms with Crippen molar-refractivity contribution in [3.05, 3.63) is 11.6 Å². The summed E-state index contributed by atoms with van der Waals surface area (Å²) in [7, 11) is 1.71. The van der Waals surface area contributed by atoms with Crippen molar-refractivity contribution in [1.29, 1.82) is 0 Å². The average Bonchev–Trinajstić information content (AvgIpc) is 1.99. The van der Waals surface area contributed by atoms with E-state index in [9.17, 15) is 71.5 Å². The van der Waals surface area contributed by atoms with Gasteiger partial charge in [0.25, 0.3) is 0 Å². The van der Waals surface area contributed by atoms with Gasteiger partial charge < -0.3 is 128 Å². The van der Waals surface area contributed by atoms with E-state index in [1.165, 1.54) is 26.3 Å². The van der Waals surface area contributed by atoms with Gasteiger partial charge in [-0.3, -0.25) is 0 Å². The van der Waals surface area contributed by atoms with E-state index < -0.39 is 179 Å². The first-order chi connectivity index (χ1) is 39.7. The highest BCUT2D eigenvalue weighted by Gasteiger charge is 2.69. The van der Waals surface area contributed by atoms with Crippen LogP contribution in [0.3, 0.4) is 0 Å². The van der Waals surface area contributed by atoms with Crippen molar-refractivity contribution in [3.63, 3.8) is 0 Å². The number of allylic oxidation sites excluding steroid dienone is 1. The van der Waals surface area contributed by atoms with Crippen molar-refractivity contribution < 1.29 is 128 Å². The van der Waals surface area contributed by atoms with Crippen molar-refractivity contribution in [2.24, 2.45) is 46.3 Å². The van der Waals surface area contributed by atoms with Crippen molar-refractivity contribution in [3.8, 4) is 0 Å². The number of aliphatic hydroxyl groups is 14. The third-order valence-electron chi connectivity index (χ3n) is 21.8. The van der Waals surface area contributed by atoms with Crippen LogP contribution in [0.1, 0.15) is 106 Å². The summed E-state index contributed by atoms with van der Waals surface area (Å²) in [5.41, 5.74) is 1.09. The van der Waals surface area contributed by atoms with Gasteiger partial charge in [-0.1, -0.05) is 39.3 Å². The maximum atomic E-state index is 12.3. The van der Waals surface area contributed by atoms with Crippen LogP contribution in [0.4, 0.5) is 0 Å². The molecule has 4 aliphatic carbocycles. The van der Waals surface area contributed by atoms with Crippen LogP contribution in [0.15, 0.2) is 11.6 Å². The summed E-state index contributed by atoms with van der Waals surface area (Å²) in [6.07, 6.45) is -28.2. The normalized spacial score (nSPS) is 55.3. The molecule has 14 N–H and O–H groups in total. The molecule has 0 aromatic rings. The number of ether oxygens (including phenoxy) is 12. The van der Waals surface area contributed by atoms with Gasteiger partial charge in [0, 0.05) is 19.4 Å². The molecule has 36 atom stereocenters. The van der Waals surface area contributed by atoms with Crippen molar-refractivity contribution in [2.45, 2.75) is 278 Å². The van der Waals surface area contributed by atoms with E-state index in [0.717, 1.165) is 32.1 Å². The zero-order valence-electron chi connectivity index (χ0n) is 49.3. The first-order valence-corrected chi connectivity index (χ1v) is 30.5. The van der Waals surface area contributed by atoms with E-state index >= 15 is 0 Å². The lowest BCUT2D eigenvalue weighted by molar-refractivity contribution is -0.394. The van der Waals surface area contributed by atoms with Gasteiger partial charge in [-0.05, 0) is 113 Å². The quantitative estimate of drug-likeness (QED) is 0.0671. The lowest BCUT2D eigenvalue weighted by atomic mass is 9.47. The highest BCUT2D eigenvalue weighted by molar-refractivity contribution is 5.26. The Kier molecular flexibility index (Phi) is 20.1. The lowest BCUT2D eigenvalue weighted by Gasteiger charge is -2.58. The smallest absolute Gasteiger partial charge is 0.187 e. The van der Waals surface area contributed by atoms with Crippen LogP contribution < -0.4 is 0 Å². The van der Waals surface area contributed by atoms with Gasteiger partial charge in [0.05, 0.1) is 50.3 Å². The molecule has 0 amide bonds. The first kappa shape index (κ1) is 65.6. The maximum absolute atomic E-state index is 12.3. The minimum absolute atomic E-state index is 0.000235. The zero-order valence-corrected chi connectivity index (χ0v) is 49.3. The summed E-state index contributed by atoms with van der Waals surface area (Å²) < 4.78 is 73.6. The second-order valence-corrected chi connectivity index (χ2v) is 26.8. The SMILES string of the molecule is CO[C@@]1(CC[C@@H](C)CO[C@@H]2O[C@H](CO)[C@@H](O)[C@H](O)[C@H]2O)O[C@H]2C[C@@H]3[C@H]4CC=C5C[C@@H](O[C@@H]6O[C@H](CO)[C@@H](O[C@@H]7O[C@@H](C)[C@H](O[C@@H]8O[C@@H](C)[C@H](O)[C@@H](O)[C@H]8O)[C@@H](O)[C@H]7O)[C@H](O)[C@H]6O[C@@H]6O[C@@H](C)[C@H](O)[C@@H](O)[C@H]6O)CC[C@]5(C)[C@H]4CC[C@]3(C)[C@H]2[C@@H]1C. The first-order valence-electron chi connectivity index (χ1n) is 30.5. The Morgan fingerprint density at radius 3 is 1.75 bits per heavy atom. The minimum atomic E-state index is -1.88. The molecule has 26 nitrogen and oxygen atoms in total. The van der Waals surface area contributed by atoms with E-state index in [1.807, 2.05) is 6.92 Å². The Labute approximate surface area is 489 Å². The molecule has 10 rings (SSSR count). The van der Waals surface area contributed by atoms with Crippen molar-refractivity contribution >= 4 is 0 Å². The average molecular weight is 1210 g/mol. The third kappa shape index (κ3) is 11.8. The molecule has 6 saturated heterocycles. The summed E-state index contributed by atoms with van der Waals surface area (Å²) in [5.74, 6) is 0.707. The third-order valence-corrected chi connectivity index (χ3v) is 21.8. The molecule has 6 heterocycles. The Bertz CT molecular complexity index is 2220. The van der Waals surface area contributed by atoms with E-state index in [2.05, 4.69) is 26.8 Å². The summed E-state index contributed by atoms with van der Waals surface area (Å²) in [6.45, 7) is 12.4. The van der Waals surface area contributed by atoms with Gasteiger partial charge in [0.1, 0.15) is 104 Å². The van der Waals surface area contributed by atoms with Crippen LogP contribution in [0.5, 0.6) is 0 Å². The maximum Gasteiger partial charge on any atom is 0.187 e. The van der Waals surface area contributed by atoms with E-state index in [-0.39, 0.29) is 41.3 Å². The van der Waals surface area contributed by atoms with E-state index in [0.29, 0.717) is 43.4 Å². The molecule has 84 heavy (non-hydrogen) atoms. The van der Waals surface area contributed by atoms with Crippen molar-refractivity contribution in [1.82, 2.24) is 0 Å². The lowest BCUT2D eigenvalue weighted by Crippen LogP contribution is -2.67. The Morgan fingerprint density at radius 1 is 0.571 bits per heavy atom. The highest BCUT2D eigenvalue weighted by atomic mass is 16.8. The number of methoxy groups -OCH3 is 1. The van der Waals surface area contributed by atoms with Crippen LogP contribution in [-0.2, 0) is 56.8 Å². The predicted molar refractivity (Wildman–Crippen MR) is 285 cm³/mol. The summed E-state index contributed by atoms with van der Waals surface area (Å²) in [5, 5.41) is 150. The van der Waals surface area contributed by atoms with E-state index in [1.54, 1.807) is 7.11 Å². The molecular weight excluding hydrogens is 1110 g/mol. The molecule has 484 valence electrons. The molecule has 0 aromatic carbocycles. The molecule has 3 saturated carbocycles. The minimum Gasteiger partial charge on any atom is -0.394 e. The van der Waals surface area contributed by atoms with Gasteiger partial charge in [0.15, 0.2) is 37.2 Å². The molecular formula is C58H96O26. The van der Waals surface area contributed by atoms with E-state index in [4.69, 9.17) is 56.8 Å². The monoisotopic (exact) mass is 1210 g/mol. The van der Waals surface area contributed by atoms with Crippen LogP contribution in [0.2, 0.25) is 0 Å². The largest absolute Gasteiger partial charge is 0.394 e. The fraction of sp³-hybridized carbons (Fsp3) is 0.966. The summed E-state index contributed by atoms with van der Waals surface area (Å²) in [4.78, 5) is 0.